The van der Waals surface area contributed by atoms with Gasteiger partial charge in [-0.15, -0.1) is 0 Å². The second kappa shape index (κ2) is 10.1. The van der Waals surface area contributed by atoms with Gasteiger partial charge in [0, 0.05) is 31.2 Å². The number of hydrogen-bond acceptors (Lipinski definition) is 5. The Hall–Kier alpha value is -4.08. The molecule has 3 aromatic carbocycles. The van der Waals surface area contributed by atoms with Gasteiger partial charge in [-0.3, -0.25) is 14.6 Å². The molecule has 9 heteroatoms. The van der Waals surface area contributed by atoms with Crippen LogP contribution in [-0.4, -0.2) is 65.3 Å². The Bertz CT molecular complexity index is 1500. The van der Waals surface area contributed by atoms with Crippen LogP contribution < -0.4 is 0 Å². The van der Waals surface area contributed by atoms with E-state index in [1.54, 1.807) is 24.3 Å². The Kier molecular flexibility index (Phi) is 6.73. The summed E-state index contributed by atoms with van der Waals surface area (Å²) >= 11 is 0. The van der Waals surface area contributed by atoms with Crippen LogP contribution >= 0.6 is 0 Å². The zero-order valence-corrected chi connectivity index (χ0v) is 20.7. The molecule has 1 aliphatic heterocycles. The maximum absolute atomic E-state index is 13.8. The Balaban J connectivity index is 1.47. The number of sulfonamides is 1. The summed E-state index contributed by atoms with van der Waals surface area (Å²) in [6, 6.07) is 25.4. The molecule has 8 nitrogen and oxygen atoms in total. The SMILES string of the molecule is O=C(O)C1CN(C(=O)C(c2ccccc2)c2ccccc2)CCN1S(=O)(=O)c1cccc2cccnc12. The van der Waals surface area contributed by atoms with Crippen LogP contribution in [0.5, 0.6) is 0 Å². The highest BCUT2D eigenvalue weighted by Gasteiger charge is 2.43. The van der Waals surface area contributed by atoms with Gasteiger partial charge < -0.3 is 10.0 Å². The zero-order chi connectivity index (χ0) is 26.0. The van der Waals surface area contributed by atoms with Crippen molar-refractivity contribution < 1.29 is 23.1 Å². The summed E-state index contributed by atoms with van der Waals surface area (Å²) in [5, 5.41) is 10.7. The molecule has 5 rings (SSSR count). The highest BCUT2D eigenvalue weighted by Crippen LogP contribution is 2.30. The normalized spacial score (nSPS) is 16.7. The van der Waals surface area contributed by atoms with E-state index in [2.05, 4.69) is 4.98 Å². The third kappa shape index (κ3) is 4.71. The van der Waals surface area contributed by atoms with Gasteiger partial charge in [0.15, 0.2) is 0 Å². The van der Waals surface area contributed by atoms with Crippen LogP contribution in [0.25, 0.3) is 10.9 Å². The summed E-state index contributed by atoms with van der Waals surface area (Å²) in [5.41, 5.74) is 1.84. The van der Waals surface area contributed by atoms with Gasteiger partial charge >= 0.3 is 5.97 Å². The number of pyridine rings is 1. The van der Waals surface area contributed by atoms with Crippen molar-refractivity contribution in [3.05, 3.63) is 108 Å². The molecular formula is C28H25N3O5S. The molecule has 0 bridgehead atoms. The fourth-order valence-electron chi connectivity index (χ4n) is 4.82. The van der Waals surface area contributed by atoms with E-state index < -0.39 is 28.0 Å². The Morgan fingerprint density at radius 3 is 2.08 bits per heavy atom. The molecule has 0 spiro atoms. The van der Waals surface area contributed by atoms with Gasteiger partial charge in [0.05, 0.1) is 11.4 Å². The minimum absolute atomic E-state index is 0.0527. The van der Waals surface area contributed by atoms with E-state index in [0.717, 1.165) is 15.4 Å². The molecule has 1 atom stereocenters. The van der Waals surface area contributed by atoms with E-state index >= 15 is 0 Å². The van der Waals surface area contributed by atoms with Crippen molar-refractivity contribution in [2.24, 2.45) is 0 Å². The van der Waals surface area contributed by atoms with Gasteiger partial charge in [0.25, 0.3) is 0 Å². The van der Waals surface area contributed by atoms with Gasteiger partial charge in [-0.2, -0.15) is 4.31 Å². The summed E-state index contributed by atoms with van der Waals surface area (Å²) in [5.74, 6) is -2.22. The van der Waals surface area contributed by atoms with Gasteiger partial charge in [-0.05, 0) is 23.3 Å². The minimum Gasteiger partial charge on any atom is -0.480 e. The minimum atomic E-state index is -4.20. The lowest BCUT2D eigenvalue weighted by Gasteiger charge is -2.39. The van der Waals surface area contributed by atoms with Crippen molar-refractivity contribution in [3.63, 3.8) is 0 Å². The lowest BCUT2D eigenvalue weighted by atomic mass is 9.89. The Labute approximate surface area is 214 Å². The van der Waals surface area contributed by atoms with Crippen molar-refractivity contribution in [2.75, 3.05) is 19.6 Å². The predicted molar refractivity (Wildman–Crippen MR) is 138 cm³/mol. The van der Waals surface area contributed by atoms with E-state index in [1.165, 1.54) is 17.2 Å². The topological polar surface area (TPSA) is 108 Å². The first-order chi connectivity index (χ1) is 17.9. The Morgan fingerprint density at radius 1 is 0.838 bits per heavy atom. The third-order valence-electron chi connectivity index (χ3n) is 6.62. The van der Waals surface area contributed by atoms with E-state index in [0.29, 0.717) is 5.39 Å². The molecule has 2 heterocycles. The Morgan fingerprint density at radius 2 is 1.46 bits per heavy atom. The van der Waals surface area contributed by atoms with Crippen LogP contribution in [0.4, 0.5) is 0 Å². The molecule has 1 N–H and O–H groups in total. The van der Waals surface area contributed by atoms with Crippen molar-refractivity contribution in [2.45, 2.75) is 16.9 Å². The molecule has 0 radical (unpaired) electrons. The van der Waals surface area contributed by atoms with E-state index in [-0.39, 0.29) is 36.0 Å². The van der Waals surface area contributed by atoms with Crippen LogP contribution in [0.15, 0.2) is 102 Å². The van der Waals surface area contributed by atoms with Crippen LogP contribution in [0.1, 0.15) is 17.0 Å². The van der Waals surface area contributed by atoms with Crippen LogP contribution in [0, 0.1) is 0 Å². The molecule has 1 saturated heterocycles. The summed E-state index contributed by atoms with van der Waals surface area (Å²) in [4.78, 5) is 31.8. The highest BCUT2D eigenvalue weighted by molar-refractivity contribution is 7.89. The molecule has 1 unspecified atom stereocenters. The summed E-state index contributed by atoms with van der Waals surface area (Å²) in [7, 11) is -4.20. The van der Waals surface area contributed by atoms with Crippen molar-refractivity contribution in [3.8, 4) is 0 Å². The number of fused-ring (bicyclic) bond motifs is 1. The number of amides is 1. The molecule has 1 aliphatic rings. The molecule has 1 aromatic heterocycles. The largest absolute Gasteiger partial charge is 0.480 e. The second-order valence-electron chi connectivity index (χ2n) is 8.84. The second-order valence-corrected chi connectivity index (χ2v) is 10.7. The van der Waals surface area contributed by atoms with Gasteiger partial charge in [-0.1, -0.05) is 78.9 Å². The molecule has 1 amide bonds. The van der Waals surface area contributed by atoms with Crippen molar-refractivity contribution in [1.29, 1.82) is 0 Å². The zero-order valence-electron chi connectivity index (χ0n) is 19.8. The first kappa shape index (κ1) is 24.6. The lowest BCUT2D eigenvalue weighted by molar-refractivity contribution is -0.145. The number of para-hydroxylation sites is 1. The average Bonchev–Trinajstić information content (AvgIpc) is 2.93. The number of benzene rings is 3. The molecule has 4 aromatic rings. The third-order valence-corrected chi connectivity index (χ3v) is 8.56. The van der Waals surface area contributed by atoms with Crippen molar-refractivity contribution in [1.82, 2.24) is 14.2 Å². The number of carbonyl (C=O) groups excluding carboxylic acids is 1. The van der Waals surface area contributed by atoms with Gasteiger partial charge in [-0.25, -0.2) is 8.42 Å². The van der Waals surface area contributed by atoms with Crippen LogP contribution in [0.2, 0.25) is 0 Å². The van der Waals surface area contributed by atoms with E-state index in [4.69, 9.17) is 0 Å². The summed E-state index contributed by atoms with van der Waals surface area (Å²) in [6.45, 7) is -0.345. The first-order valence-electron chi connectivity index (χ1n) is 11.8. The standard InChI is InChI=1S/C28H25N3O5S/c32-27(25(20-9-3-1-4-10-20)21-11-5-2-6-12-21)30-17-18-31(23(19-30)28(33)34)37(35,36)24-15-7-13-22-14-8-16-29-26(22)24/h1-16,23,25H,17-19H2,(H,33,34). The molecule has 188 valence electrons. The number of carboxylic acid groups (broad SMARTS) is 1. The van der Waals surface area contributed by atoms with Crippen LogP contribution in [-0.2, 0) is 19.6 Å². The average molecular weight is 516 g/mol. The summed E-state index contributed by atoms with van der Waals surface area (Å²) < 4.78 is 28.4. The molecule has 0 saturated carbocycles. The van der Waals surface area contributed by atoms with E-state index in [1.807, 2.05) is 60.7 Å². The monoisotopic (exact) mass is 515 g/mol. The quantitative estimate of drug-likeness (QED) is 0.422. The fraction of sp³-hybridized carbons (Fsp3) is 0.179. The van der Waals surface area contributed by atoms with Gasteiger partial charge in [0.1, 0.15) is 10.9 Å². The first-order valence-corrected chi connectivity index (χ1v) is 13.3. The fourth-order valence-corrected chi connectivity index (χ4v) is 6.55. The predicted octanol–water partition coefficient (Wildman–Crippen LogP) is 3.35. The lowest BCUT2D eigenvalue weighted by Crippen LogP contribution is -2.59. The number of aliphatic carboxylic acids is 1. The maximum Gasteiger partial charge on any atom is 0.323 e. The number of rotatable bonds is 6. The number of carboxylic acids is 1. The molecule has 0 aliphatic carbocycles. The number of nitrogens with zero attached hydrogens (tertiary/aromatic N) is 3. The maximum atomic E-state index is 13.8. The number of carbonyl (C=O) groups is 2. The van der Waals surface area contributed by atoms with Crippen molar-refractivity contribution >= 4 is 32.8 Å². The number of piperazine rings is 1. The molecule has 37 heavy (non-hydrogen) atoms. The smallest absolute Gasteiger partial charge is 0.323 e. The highest BCUT2D eigenvalue weighted by atomic mass is 32.2. The number of hydrogen-bond donors (Lipinski definition) is 1. The molecular weight excluding hydrogens is 490 g/mol. The number of aromatic nitrogens is 1. The summed E-state index contributed by atoms with van der Waals surface area (Å²) in [6.07, 6.45) is 1.50. The molecule has 1 fully saturated rings. The van der Waals surface area contributed by atoms with Gasteiger partial charge in [0.2, 0.25) is 15.9 Å². The van der Waals surface area contributed by atoms with Crippen LogP contribution in [0.3, 0.4) is 0 Å². The van der Waals surface area contributed by atoms with E-state index in [9.17, 15) is 23.1 Å².